The van der Waals surface area contributed by atoms with Gasteiger partial charge in [-0.2, -0.15) is 0 Å². The summed E-state index contributed by atoms with van der Waals surface area (Å²) < 4.78 is 7.79. The number of carbonyl (C=O) groups is 1. The van der Waals surface area contributed by atoms with Gasteiger partial charge >= 0.3 is 6.09 Å². The van der Waals surface area contributed by atoms with Crippen LogP contribution in [-0.4, -0.2) is 33.4 Å². The molecule has 2 aromatic heterocycles. The zero-order chi connectivity index (χ0) is 21.4. The molecule has 2 N–H and O–H groups in total. The molecule has 30 heavy (non-hydrogen) atoms. The summed E-state index contributed by atoms with van der Waals surface area (Å²) in [5.41, 5.74) is 1.82. The first-order valence-corrected chi connectivity index (χ1v) is 10.4. The number of amides is 1. The molecule has 1 fully saturated rings. The second kappa shape index (κ2) is 7.97. The van der Waals surface area contributed by atoms with Crippen LogP contribution in [-0.2, 0) is 7.05 Å². The number of nitrogens with zero attached hydrogens (tertiary/aromatic N) is 2. The largest absolute Gasteiger partial charge is 0.491 e. The fourth-order valence-electron chi connectivity index (χ4n) is 4.11. The first kappa shape index (κ1) is 20.2. The molecular formula is C23H27N3O4. The molecule has 7 nitrogen and oxygen atoms in total. The first-order valence-electron chi connectivity index (χ1n) is 10.4. The van der Waals surface area contributed by atoms with E-state index in [1.165, 1.54) is 0 Å². The van der Waals surface area contributed by atoms with E-state index in [0.29, 0.717) is 23.6 Å². The number of hydrogen-bond acceptors (Lipinski definition) is 4. The lowest BCUT2D eigenvalue weighted by molar-refractivity contribution is 0.176. The van der Waals surface area contributed by atoms with E-state index < -0.39 is 6.09 Å². The fourth-order valence-corrected chi connectivity index (χ4v) is 4.11. The summed E-state index contributed by atoms with van der Waals surface area (Å²) in [5, 5.41) is 14.2. The average Bonchev–Trinajstić information content (AvgIpc) is 3.54. The van der Waals surface area contributed by atoms with E-state index in [9.17, 15) is 9.59 Å². The maximum Gasteiger partial charge on any atom is 0.404 e. The Kier molecular flexibility index (Phi) is 5.37. The number of aryl methyl sites for hydroxylation is 1. The Hall–Kier alpha value is -3.09. The van der Waals surface area contributed by atoms with Crippen molar-refractivity contribution in [2.24, 2.45) is 13.0 Å². The van der Waals surface area contributed by atoms with Crippen molar-refractivity contribution in [3.63, 3.8) is 0 Å². The second-order valence-electron chi connectivity index (χ2n) is 8.55. The van der Waals surface area contributed by atoms with Gasteiger partial charge in [-0.15, -0.1) is 0 Å². The van der Waals surface area contributed by atoms with Gasteiger partial charge in [-0.25, -0.2) is 4.79 Å². The molecule has 158 valence electrons. The molecular weight excluding hydrogens is 382 g/mol. The van der Waals surface area contributed by atoms with Gasteiger partial charge in [0.2, 0.25) is 0 Å². The highest BCUT2D eigenvalue weighted by Crippen LogP contribution is 2.46. The molecule has 1 amide bonds. The van der Waals surface area contributed by atoms with E-state index >= 15 is 0 Å². The smallest absolute Gasteiger partial charge is 0.404 e. The SMILES string of the molecule is CC(C)CC(COc1cc2c(cc1C1CC1)c1ccncc1c(=O)n2C)NC(=O)O. The monoisotopic (exact) mass is 409 g/mol. The lowest BCUT2D eigenvalue weighted by atomic mass is 10.0. The molecule has 1 aromatic carbocycles. The number of nitrogens with one attached hydrogen (secondary N) is 1. The summed E-state index contributed by atoms with van der Waals surface area (Å²) >= 11 is 0. The normalized spacial score (nSPS) is 14.9. The highest BCUT2D eigenvalue weighted by Gasteiger charge is 2.28. The molecule has 7 heteroatoms. The molecule has 0 spiro atoms. The molecule has 1 aliphatic rings. The second-order valence-corrected chi connectivity index (χ2v) is 8.55. The Balaban J connectivity index is 1.77. The minimum Gasteiger partial charge on any atom is -0.491 e. The van der Waals surface area contributed by atoms with Gasteiger partial charge in [0, 0.05) is 30.9 Å². The molecule has 0 aliphatic heterocycles. The fraction of sp³-hybridized carbons (Fsp3) is 0.435. The zero-order valence-electron chi connectivity index (χ0n) is 17.5. The van der Waals surface area contributed by atoms with Crippen LogP contribution in [0.15, 0.2) is 35.4 Å². The predicted molar refractivity (Wildman–Crippen MR) is 116 cm³/mol. The van der Waals surface area contributed by atoms with Gasteiger partial charge in [0.05, 0.1) is 16.9 Å². The predicted octanol–water partition coefficient (Wildman–Crippen LogP) is 4.03. The highest BCUT2D eigenvalue weighted by atomic mass is 16.5. The third-order valence-corrected chi connectivity index (χ3v) is 5.68. The van der Waals surface area contributed by atoms with E-state index in [1.807, 2.05) is 12.1 Å². The van der Waals surface area contributed by atoms with Crippen LogP contribution in [0.1, 0.15) is 44.6 Å². The van der Waals surface area contributed by atoms with Crippen molar-refractivity contribution in [1.29, 1.82) is 0 Å². The van der Waals surface area contributed by atoms with Gasteiger partial charge in [-0.3, -0.25) is 9.78 Å². The van der Waals surface area contributed by atoms with Crippen molar-refractivity contribution in [3.8, 4) is 5.75 Å². The number of benzene rings is 1. The van der Waals surface area contributed by atoms with Crippen molar-refractivity contribution in [2.75, 3.05) is 6.61 Å². The van der Waals surface area contributed by atoms with Gasteiger partial charge in [-0.1, -0.05) is 13.8 Å². The molecule has 0 bridgehead atoms. The standard InChI is InChI=1S/C23H27N3O4/c1-13(2)8-15(25-23(28)29)12-30-21-10-20-18(9-17(21)14-4-5-14)16-6-7-24-11-19(16)22(27)26(20)3/h6-7,9-11,13-15,25H,4-5,8,12H2,1-3H3,(H,28,29). The van der Waals surface area contributed by atoms with Crippen LogP contribution >= 0.6 is 0 Å². The Labute approximate surface area is 174 Å². The van der Waals surface area contributed by atoms with Crippen LogP contribution in [0.2, 0.25) is 0 Å². The Morgan fingerprint density at radius 2 is 2.07 bits per heavy atom. The van der Waals surface area contributed by atoms with Gasteiger partial charge in [0.15, 0.2) is 0 Å². The number of rotatable bonds is 7. The summed E-state index contributed by atoms with van der Waals surface area (Å²) in [7, 11) is 1.76. The number of aromatic nitrogens is 2. The van der Waals surface area contributed by atoms with Gasteiger partial charge in [0.1, 0.15) is 12.4 Å². The molecule has 1 aliphatic carbocycles. The number of ether oxygens (including phenoxy) is 1. The number of carboxylic acid groups (broad SMARTS) is 1. The van der Waals surface area contributed by atoms with E-state index in [-0.39, 0.29) is 18.2 Å². The number of pyridine rings is 2. The maximum atomic E-state index is 12.8. The Morgan fingerprint density at radius 1 is 1.30 bits per heavy atom. The lowest BCUT2D eigenvalue weighted by Crippen LogP contribution is -2.39. The molecule has 1 atom stereocenters. The van der Waals surface area contributed by atoms with Crippen LogP contribution in [0.4, 0.5) is 4.79 Å². The topological polar surface area (TPSA) is 93.5 Å². The zero-order valence-corrected chi connectivity index (χ0v) is 17.5. The van der Waals surface area contributed by atoms with Crippen molar-refractivity contribution in [2.45, 2.75) is 45.1 Å². The molecule has 1 saturated carbocycles. The van der Waals surface area contributed by atoms with Crippen LogP contribution < -0.4 is 15.6 Å². The summed E-state index contributed by atoms with van der Waals surface area (Å²) in [6, 6.07) is 5.65. The summed E-state index contributed by atoms with van der Waals surface area (Å²) in [5.74, 6) is 1.51. The Morgan fingerprint density at radius 3 is 2.73 bits per heavy atom. The van der Waals surface area contributed by atoms with E-state index in [4.69, 9.17) is 9.84 Å². The van der Waals surface area contributed by atoms with Gasteiger partial charge in [-0.05, 0) is 54.2 Å². The average molecular weight is 409 g/mol. The summed E-state index contributed by atoms with van der Waals surface area (Å²) in [6.45, 7) is 4.36. The van der Waals surface area contributed by atoms with Crippen molar-refractivity contribution in [3.05, 3.63) is 46.5 Å². The highest BCUT2D eigenvalue weighted by molar-refractivity contribution is 6.06. The number of hydrogen-bond donors (Lipinski definition) is 2. The van der Waals surface area contributed by atoms with Crippen LogP contribution in [0.3, 0.4) is 0 Å². The molecule has 0 radical (unpaired) electrons. The quantitative estimate of drug-likeness (QED) is 0.575. The minimum atomic E-state index is -1.05. The van der Waals surface area contributed by atoms with E-state index in [1.54, 1.807) is 24.0 Å². The summed E-state index contributed by atoms with van der Waals surface area (Å²) in [6.07, 6.45) is 5.18. The Bertz CT molecular complexity index is 1160. The third kappa shape index (κ3) is 3.97. The maximum absolute atomic E-state index is 12.8. The van der Waals surface area contributed by atoms with Crippen LogP contribution in [0, 0.1) is 5.92 Å². The molecule has 4 rings (SSSR count). The molecule has 2 heterocycles. The van der Waals surface area contributed by atoms with Crippen molar-refractivity contribution < 1.29 is 14.6 Å². The third-order valence-electron chi connectivity index (χ3n) is 5.68. The van der Waals surface area contributed by atoms with Crippen molar-refractivity contribution >= 4 is 27.8 Å². The van der Waals surface area contributed by atoms with Crippen LogP contribution in [0.5, 0.6) is 5.75 Å². The van der Waals surface area contributed by atoms with E-state index in [2.05, 4.69) is 30.2 Å². The number of fused-ring (bicyclic) bond motifs is 3. The van der Waals surface area contributed by atoms with Crippen LogP contribution in [0.25, 0.3) is 21.7 Å². The molecule has 1 unspecified atom stereocenters. The first-order chi connectivity index (χ1) is 14.3. The van der Waals surface area contributed by atoms with Gasteiger partial charge in [0.25, 0.3) is 5.56 Å². The lowest BCUT2D eigenvalue weighted by Gasteiger charge is -2.21. The minimum absolute atomic E-state index is 0.0963. The van der Waals surface area contributed by atoms with Crippen molar-refractivity contribution in [1.82, 2.24) is 14.9 Å². The molecule has 3 aromatic rings. The van der Waals surface area contributed by atoms with E-state index in [0.717, 1.165) is 40.4 Å². The summed E-state index contributed by atoms with van der Waals surface area (Å²) in [4.78, 5) is 28.1. The molecule has 0 saturated heterocycles. The van der Waals surface area contributed by atoms with Gasteiger partial charge < -0.3 is 19.7 Å².